The van der Waals surface area contributed by atoms with E-state index in [2.05, 4.69) is 32.2 Å². The number of imidazole rings is 2. The quantitative estimate of drug-likeness (QED) is 0.421. The summed E-state index contributed by atoms with van der Waals surface area (Å²) >= 11 is 0. The van der Waals surface area contributed by atoms with Crippen molar-refractivity contribution < 1.29 is 4.42 Å². The van der Waals surface area contributed by atoms with E-state index in [9.17, 15) is 0 Å². The zero-order valence-electron chi connectivity index (χ0n) is 12.9. The van der Waals surface area contributed by atoms with Crippen LogP contribution in [0.2, 0.25) is 0 Å². The molecule has 0 unspecified atom stereocenters. The van der Waals surface area contributed by atoms with Crippen molar-refractivity contribution in [2.45, 2.75) is 0 Å². The Hall–Kier alpha value is -3.34. The number of rotatable bonds is 0. The van der Waals surface area contributed by atoms with Crippen molar-refractivity contribution in [3.05, 3.63) is 54.7 Å². The average Bonchev–Trinajstić information content (AvgIpc) is 3.25. The van der Waals surface area contributed by atoms with E-state index in [0.717, 1.165) is 49.9 Å². The molecule has 5 nitrogen and oxygen atoms in total. The molecule has 0 aliphatic rings. The Bertz CT molecular complexity index is 1420. The highest BCUT2D eigenvalue weighted by Gasteiger charge is 2.19. The largest absolute Gasteiger partial charge is 0.454 e. The zero-order chi connectivity index (χ0) is 15.8. The van der Waals surface area contributed by atoms with E-state index >= 15 is 0 Å². The molecule has 4 aromatic heterocycles. The molecule has 4 heterocycles. The van der Waals surface area contributed by atoms with Gasteiger partial charge in [0.25, 0.3) is 0 Å². The number of furan rings is 1. The number of para-hydroxylation sites is 2. The summed E-state index contributed by atoms with van der Waals surface area (Å²) in [5, 5.41) is 1.02. The molecule has 0 amide bonds. The Labute approximate surface area is 135 Å². The van der Waals surface area contributed by atoms with Gasteiger partial charge < -0.3 is 8.98 Å². The van der Waals surface area contributed by atoms with Gasteiger partial charge in [0.15, 0.2) is 5.58 Å². The predicted octanol–water partition coefficient (Wildman–Crippen LogP) is 4.27. The molecule has 0 saturated heterocycles. The number of hydrogen-bond donors (Lipinski definition) is 0. The smallest absolute Gasteiger partial charge is 0.215 e. The molecule has 0 aliphatic carbocycles. The minimum Gasteiger partial charge on any atom is -0.454 e. The number of benzene rings is 2. The summed E-state index contributed by atoms with van der Waals surface area (Å²) in [5.41, 5.74) is 6.81. The number of pyridine rings is 1. The second-order valence-electron chi connectivity index (χ2n) is 6.05. The predicted molar refractivity (Wildman–Crippen MR) is 94.2 cm³/mol. The van der Waals surface area contributed by atoms with Crippen LogP contribution >= 0.6 is 0 Å². The van der Waals surface area contributed by atoms with Crippen LogP contribution in [0.5, 0.6) is 0 Å². The molecule has 0 bridgehead atoms. The highest BCUT2D eigenvalue weighted by Crippen LogP contribution is 2.35. The standard InChI is InChI=1S/C19H12N4O/c1-22-12-5-2-3-6-13(12)23-18-11(21-19(22)23)8-9-14-16(18)17-15(24-14)7-4-10-20-17/h2-10H,1H3. The van der Waals surface area contributed by atoms with Crippen molar-refractivity contribution in [3.63, 3.8) is 0 Å². The van der Waals surface area contributed by atoms with Crippen LogP contribution < -0.4 is 0 Å². The molecular weight excluding hydrogens is 300 g/mol. The van der Waals surface area contributed by atoms with Crippen molar-refractivity contribution in [1.82, 2.24) is 18.9 Å². The number of hydrogen-bond acceptors (Lipinski definition) is 3. The van der Waals surface area contributed by atoms with Crippen LogP contribution in [0.15, 0.2) is 59.1 Å². The molecule has 0 spiro atoms. The maximum absolute atomic E-state index is 5.99. The van der Waals surface area contributed by atoms with Gasteiger partial charge in [0.05, 0.1) is 27.5 Å². The first kappa shape index (κ1) is 12.1. The highest BCUT2D eigenvalue weighted by molar-refractivity contribution is 6.17. The topological polar surface area (TPSA) is 48.3 Å². The summed E-state index contributed by atoms with van der Waals surface area (Å²) in [7, 11) is 2.05. The normalized spacial score (nSPS) is 12.4. The lowest BCUT2D eigenvalue weighted by Gasteiger charge is -1.96. The lowest BCUT2D eigenvalue weighted by Crippen LogP contribution is -1.87. The van der Waals surface area contributed by atoms with E-state index in [-0.39, 0.29) is 0 Å². The Morgan fingerprint density at radius 3 is 2.71 bits per heavy atom. The van der Waals surface area contributed by atoms with Crippen LogP contribution in [-0.2, 0) is 7.05 Å². The number of aryl methyl sites for hydroxylation is 1. The van der Waals surface area contributed by atoms with Crippen molar-refractivity contribution in [1.29, 1.82) is 0 Å². The third-order valence-corrected chi connectivity index (χ3v) is 4.77. The Morgan fingerprint density at radius 1 is 0.917 bits per heavy atom. The van der Waals surface area contributed by atoms with Gasteiger partial charge in [-0.3, -0.25) is 9.38 Å². The Morgan fingerprint density at radius 2 is 1.79 bits per heavy atom. The third kappa shape index (κ3) is 1.27. The molecule has 0 aliphatic heterocycles. The molecule has 24 heavy (non-hydrogen) atoms. The van der Waals surface area contributed by atoms with Crippen LogP contribution in [0.25, 0.3) is 49.9 Å². The maximum Gasteiger partial charge on any atom is 0.215 e. The summed E-state index contributed by atoms with van der Waals surface area (Å²) in [6.07, 6.45) is 1.80. The summed E-state index contributed by atoms with van der Waals surface area (Å²) in [6, 6.07) is 16.2. The molecule has 5 heteroatoms. The van der Waals surface area contributed by atoms with Crippen LogP contribution in [-0.4, -0.2) is 18.9 Å². The van der Waals surface area contributed by atoms with Crippen molar-refractivity contribution in [3.8, 4) is 0 Å². The van der Waals surface area contributed by atoms with Gasteiger partial charge >= 0.3 is 0 Å². The van der Waals surface area contributed by atoms with Gasteiger partial charge in [0.2, 0.25) is 5.78 Å². The first-order chi connectivity index (χ1) is 11.8. The van der Waals surface area contributed by atoms with Gasteiger partial charge in [-0.1, -0.05) is 12.1 Å². The molecule has 0 saturated carbocycles. The van der Waals surface area contributed by atoms with Crippen LogP contribution in [0.1, 0.15) is 0 Å². The molecule has 2 aromatic carbocycles. The fourth-order valence-corrected chi connectivity index (χ4v) is 3.73. The maximum atomic E-state index is 5.99. The highest BCUT2D eigenvalue weighted by atomic mass is 16.3. The molecule has 6 rings (SSSR count). The molecular formula is C19H12N4O. The summed E-state index contributed by atoms with van der Waals surface area (Å²) in [4.78, 5) is 9.40. The van der Waals surface area contributed by atoms with E-state index in [1.807, 2.05) is 37.4 Å². The molecule has 114 valence electrons. The van der Waals surface area contributed by atoms with E-state index < -0.39 is 0 Å². The first-order valence-electron chi connectivity index (χ1n) is 7.85. The van der Waals surface area contributed by atoms with Crippen molar-refractivity contribution >= 4 is 49.9 Å². The lowest BCUT2D eigenvalue weighted by atomic mass is 10.2. The van der Waals surface area contributed by atoms with Crippen LogP contribution in [0, 0.1) is 0 Å². The second-order valence-corrected chi connectivity index (χ2v) is 6.05. The van der Waals surface area contributed by atoms with E-state index in [0.29, 0.717) is 0 Å². The minimum atomic E-state index is 0.801. The zero-order valence-corrected chi connectivity index (χ0v) is 12.9. The molecule has 0 atom stereocenters. The second kappa shape index (κ2) is 3.94. The van der Waals surface area contributed by atoms with Crippen LogP contribution in [0.3, 0.4) is 0 Å². The number of nitrogens with zero attached hydrogens (tertiary/aromatic N) is 4. The van der Waals surface area contributed by atoms with Gasteiger partial charge in [-0.05, 0) is 36.4 Å². The fourth-order valence-electron chi connectivity index (χ4n) is 3.73. The molecule has 0 N–H and O–H groups in total. The Balaban J connectivity index is 2.02. The minimum absolute atomic E-state index is 0.801. The summed E-state index contributed by atoms with van der Waals surface area (Å²) in [5.74, 6) is 0.920. The van der Waals surface area contributed by atoms with Crippen LogP contribution in [0.4, 0.5) is 0 Å². The van der Waals surface area contributed by atoms with Gasteiger partial charge in [-0.15, -0.1) is 0 Å². The first-order valence-corrected chi connectivity index (χ1v) is 7.85. The SMILES string of the molecule is Cn1c2ccccc2n2c3c(ccc4oc5cccnc5c43)nc12. The van der Waals surface area contributed by atoms with Gasteiger partial charge in [0, 0.05) is 13.2 Å². The average molecular weight is 312 g/mol. The van der Waals surface area contributed by atoms with E-state index in [1.165, 1.54) is 0 Å². The lowest BCUT2D eigenvalue weighted by molar-refractivity contribution is 0.668. The van der Waals surface area contributed by atoms with Crippen molar-refractivity contribution in [2.24, 2.45) is 7.05 Å². The van der Waals surface area contributed by atoms with E-state index in [1.54, 1.807) is 6.20 Å². The Kier molecular flexibility index (Phi) is 1.99. The number of aromatic nitrogens is 4. The fraction of sp³-hybridized carbons (Fsp3) is 0.0526. The number of fused-ring (bicyclic) bond motifs is 9. The molecule has 0 fully saturated rings. The van der Waals surface area contributed by atoms with Gasteiger partial charge in [0.1, 0.15) is 11.1 Å². The molecule has 0 radical (unpaired) electrons. The molecule has 6 aromatic rings. The van der Waals surface area contributed by atoms with Gasteiger partial charge in [-0.25, -0.2) is 4.98 Å². The summed E-state index contributed by atoms with van der Waals surface area (Å²) < 4.78 is 10.3. The van der Waals surface area contributed by atoms with Gasteiger partial charge in [-0.2, -0.15) is 0 Å². The van der Waals surface area contributed by atoms with Crippen molar-refractivity contribution in [2.75, 3.05) is 0 Å². The summed E-state index contributed by atoms with van der Waals surface area (Å²) in [6.45, 7) is 0. The van der Waals surface area contributed by atoms with E-state index in [4.69, 9.17) is 9.40 Å². The monoisotopic (exact) mass is 312 g/mol. The third-order valence-electron chi connectivity index (χ3n) is 4.77.